The Labute approximate surface area is 134 Å². The molecule has 1 aromatic carbocycles. The molecular weight excluding hydrogens is 398 g/mol. The van der Waals surface area contributed by atoms with Crippen LogP contribution in [0.25, 0.3) is 0 Å². The minimum Gasteiger partial charge on any atom is -0.491 e. The maximum atomic E-state index is 9.83. The molecule has 0 atom stereocenters. The van der Waals surface area contributed by atoms with Crippen LogP contribution in [0.5, 0.6) is 11.5 Å². The molecule has 0 aliphatic heterocycles. The molecular formula is C10H12BrCl2O4PS. The molecule has 9 heteroatoms. The second-order valence-corrected chi connectivity index (χ2v) is 7.97. The summed E-state index contributed by atoms with van der Waals surface area (Å²) in [5.74, 6) is 0.162. The van der Waals surface area contributed by atoms with E-state index in [0.717, 1.165) is 0 Å². The highest BCUT2D eigenvalue weighted by Crippen LogP contribution is 2.51. The summed E-state index contributed by atoms with van der Waals surface area (Å²) in [6.07, 6.45) is 0. The van der Waals surface area contributed by atoms with Crippen LogP contribution >= 0.6 is 45.6 Å². The molecule has 1 rings (SSSR count). The van der Waals surface area contributed by atoms with Crippen LogP contribution in [-0.4, -0.2) is 23.0 Å². The van der Waals surface area contributed by atoms with E-state index >= 15 is 0 Å². The van der Waals surface area contributed by atoms with E-state index in [0.29, 0.717) is 4.47 Å². The lowest BCUT2D eigenvalue weighted by Gasteiger charge is -2.21. The fraction of sp³-hybridized carbons (Fsp3) is 0.400. The van der Waals surface area contributed by atoms with Crippen LogP contribution in [0.2, 0.25) is 10.0 Å². The molecule has 0 saturated heterocycles. The summed E-state index contributed by atoms with van der Waals surface area (Å²) in [7, 11) is 0. The van der Waals surface area contributed by atoms with Gasteiger partial charge in [-0.05, 0) is 41.6 Å². The highest BCUT2D eigenvalue weighted by molar-refractivity contribution is 9.10. The highest BCUT2D eigenvalue weighted by atomic mass is 79.9. The van der Waals surface area contributed by atoms with Gasteiger partial charge < -0.3 is 19.3 Å². The van der Waals surface area contributed by atoms with Crippen molar-refractivity contribution in [3.05, 3.63) is 14.5 Å². The third kappa shape index (κ3) is 3.76. The lowest BCUT2D eigenvalue weighted by atomic mass is 10.3. The Morgan fingerprint density at radius 2 is 1.47 bits per heavy atom. The van der Waals surface area contributed by atoms with Gasteiger partial charge in [-0.15, -0.1) is 0 Å². The largest absolute Gasteiger partial charge is 0.491 e. The van der Waals surface area contributed by atoms with Gasteiger partial charge in [0.05, 0.1) is 27.7 Å². The van der Waals surface area contributed by atoms with Crippen LogP contribution in [0.1, 0.15) is 13.8 Å². The van der Waals surface area contributed by atoms with Crippen LogP contribution in [-0.2, 0) is 11.8 Å². The highest BCUT2D eigenvalue weighted by Gasteiger charge is 2.31. The Morgan fingerprint density at radius 1 is 1.11 bits per heavy atom. The topological polar surface area (TPSA) is 58.9 Å². The normalized spacial score (nSPS) is 11.5. The van der Waals surface area contributed by atoms with E-state index in [1.807, 2.05) is 0 Å². The van der Waals surface area contributed by atoms with Crippen LogP contribution in [0, 0.1) is 0 Å². The summed E-state index contributed by atoms with van der Waals surface area (Å²) in [4.78, 5) is 19.7. The minimum absolute atomic E-state index is 0.0654. The van der Waals surface area contributed by atoms with Gasteiger partial charge in [0, 0.05) is 0 Å². The lowest BCUT2D eigenvalue weighted by Crippen LogP contribution is -2.16. The van der Waals surface area contributed by atoms with E-state index in [4.69, 9.17) is 44.5 Å². The third-order valence-corrected chi connectivity index (χ3v) is 5.59. The first kappa shape index (κ1) is 17.5. The molecule has 0 saturated carbocycles. The Kier molecular flexibility index (Phi) is 6.39. The molecule has 0 unspecified atom stereocenters. The number of halogens is 3. The van der Waals surface area contributed by atoms with E-state index in [1.165, 1.54) is 0 Å². The second kappa shape index (κ2) is 6.94. The van der Waals surface area contributed by atoms with Gasteiger partial charge in [0.2, 0.25) is 6.49 Å². The minimum atomic E-state index is -3.83. The molecule has 0 aromatic heterocycles. The monoisotopic (exact) mass is 408 g/mol. The van der Waals surface area contributed by atoms with Crippen molar-refractivity contribution in [1.29, 1.82) is 0 Å². The van der Waals surface area contributed by atoms with Gasteiger partial charge in [0.25, 0.3) is 0 Å². The first-order valence-corrected chi connectivity index (χ1v) is 9.53. The number of hydrogen-bond donors (Lipinski definition) is 2. The van der Waals surface area contributed by atoms with E-state index in [9.17, 15) is 9.79 Å². The zero-order valence-corrected chi connectivity index (χ0v) is 14.9. The maximum Gasteiger partial charge on any atom is 0.221 e. The second-order valence-electron chi connectivity index (χ2n) is 3.36. The number of benzene rings is 1. The van der Waals surface area contributed by atoms with E-state index in [2.05, 4.69) is 15.9 Å². The Morgan fingerprint density at radius 3 is 1.74 bits per heavy atom. The Hall–Kier alpha value is 0.450. The van der Waals surface area contributed by atoms with Gasteiger partial charge in [-0.1, -0.05) is 23.2 Å². The standard InChI is InChI=1S/C10H12BrCl2O4PS/c1-3-16-8-6(12)5(11)7(13)9(17-4-2)10(8)18(14,15)19/h3-4H2,1-2H3,(H2,14,15,19). The SMILES string of the molecule is CCOc1c(Cl)c(Br)c(Cl)c(OCC)c1P(O)(O)=S. The first-order chi connectivity index (χ1) is 8.75. The zero-order chi connectivity index (χ0) is 14.8. The van der Waals surface area contributed by atoms with Crippen molar-refractivity contribution in [3.8, 4) is 11.5 Å². The van der Waals surface area contributed by atoms with Crippen molar-refractivity contribution in [2.45, 2.75) is 13.8 Å². The van der Waals surface area contributed by atoms with Crippen molar-refractivity contribution in [1.82, 2.24) is 0 Å². The maximum absolute atomic E-state index is 9.83. The van der Waals surface area contributed by atoms with E-state index in [-0.39, 0.29) is 40.1 Å². The third-order valence-electron chi connectivity index (χ3n) is 2.08. The van der Waals surface area contributed by atoms with Crippen LogP contribution in [0.15, 0.2) is 4.47 Å². The molecule has 0 radical (unpaired) electrons. The van der Waals surface area contributed by atoms with Gasteiger partial charge in [-0.25, -0.2) is 0 Å². The fourth-order valence-electron chi connectivity index (χ4n) is 1.42. The molecule has 0 heterocycles. The number of rotatable bonds is 5. The zero-order valence-electron chi connectivity index (χ0n) is 10.1. The van der Waals surface area contributed by atoms with Gasteiger partial charge in [0.15, 0.2) is 11.5 Å². The number of hydrogen-bond acceptors (Lipinski definition) is 3. The average Bonchev–Trinajstić information content (AvgIpc) is 2.31. The predicted molar refractivity (Wildman–Crippen MR) is 84.9 cm³/mol. The smallest absolute Gasteiger partial charge is 0.221 e. The average molecular weight is 410 g/mol. The van der Waals surface area contributed by atoms with Gasteiger partial charge in [-0.3, -0.25) is 0 Å². The molecule has 0 spiro atoms. The van der Waals surface area contributed by atoms with Gasteiger partial charge >= 0.3 is 0 Å². The molecule has 19 heavy (non-hydrogen) atoms. The molecule has 0 amide bonds. The van der Waals surface area contributed by atoms with Crippen LogP contribution in [0.3, 0.4) is 0 Å². The molecule has 2 N–H and O–H groups in total. The van der Waals surface area contributed by atoms with Crippen molar-refractivity contribution in [2.75, 3.05) is 13.2 Å². The van der Waals surface area contributed by atoms with E-state index in [1.54, 1.807) is 13.8 Å². The Bertz CT molecular complexity index is 502. The molecule has 0 aliphatic rings. The van der Waals surface area contributed by atoms with Gasteiger partial charge in [0.1, 0.15) is 5.30 Å². The predicted octanol–water partition coefficient (Wildman–Crippen LogP) is 3.47. The van der Waals surface area contributed by atoms with Gasteiger partial charge in [-0.2, -0.15) is 0 Å². The summed E-state index contributed by atoms with van der Waals surface area (Å²) < 4.78 is 11.1. The Balaban J connectivity index is 3.74. The van der Waals surface area contributed by atoms with Crippen molar-refractivity contribution >= 4 is 62.7 Å². The van der Waals surface area contributed by atoms with E-state index < -0.39 is 6.49 Å². The molecule has 4 nitrogen and oxygen atoms in total. The molecule has 108 valence electrons. The summed E-state index contributed by atoms with van der Waals surface area (Å²) >= 11 is 20.2. The lowest BCUT2D eigenvalue weighted by molar-refractivity contribution is 0.326. The molecule has 0 bridgehead atoms. The van der Waals surface area contributed by atoms with Crippen LogP contribution in [0.4, 0.5) is 0 Å². The van der Waals surface area contributed by atoms with Crippen molar-refractivity contribution in [3.63, 3.8) is 0 Å². The first-order valence-electron chi connectivity index (χ1n) is 5.27. The summed E-state index contributed by atoms with van der Waals surface area (Å²) in [5.41, 5.74) is 0. The van der Waals surface area contributed by atoms with Crippen molar-refractivity contribution < 1.29 is 19.3 Å². The molecule has 0 fully saturated rings. The summed E-state index contributed by atoms with van der Waals surface area (Å²) in [5, 5.41) is 0.189. The quantitative estimate of drug-likeness (QED) is 0.576. The fourth-order valence-corrected chi connectivity index (χ4v) is 3.83. The molecule has 1 aromatic rings. The summed E-state index contributed by atoms with van der Waals surface area (Å²) in [6, 6.07) is 0. The van der Waals surface area contributed by atoms with Crippen LogP contribution < -0.4 is 14.8 Å². The summed E-state index contributed by atoms with van der Waals surface area (Å²) in [6.45, 7) is 0.201. The number of ether oxygens (including phenoxy) is 2. The molecule has 0 aliphatic carbocycles. The van der Waals surface area contributed by atoms with Crippen molar-refractivity contribution in [2.24, 2.45) is 0 Å².